The van der Waals surface area contributed by atoms with Crippen LogP contribution < -0.4 is 19.5 Å². The Morgan fingerprint density at radius 1 is 1.14 bits per heavy atom. The number of methoxy groups -OCH3 is 1. The number of nitrogens with zero attached hydrogens (tertiary/aromatic N) is 1. The molecule has 0 bridgehead atoms. The number of ketones is 1. The van der Waals surface area contributed by atoms with E-state index in [1.165, 1.54) is 7.11 Å². The van der Waals surface area contributed by atoms with Gasteiger partial charge in [0.15, 0.2) is 17.3 Å². The number of hydrogen-bond donors (Lipinski definition) is 1. The molecule has 1 saturated heterocycles. The second kappa shape index (κ2) is 7.12. The van der Waals surface area contributed by atoms with E-state index in [0.29, 0.717) is 41.6 Å². The lowest BCUT2D eigenvalue weighted by Crippen LogP contribution is -2.41. The zero-order chi connectivity index (χ0) is 20.6. The number of rotatable bonds is 5. The summed E-state index contributed by atoms with van der Waals surface area (Å²) in [6.45, 7) is 2.09. The number of nitrogens with one attached hydrogen (secondary N) is 1. The van der Waals surface area contributed by atoms with Gasteiger partial charge in [-0.05, 0) is 36.8 Å². The molecule has 2 aromatic rings. The first-order chi connectivity index (χ1) is 13.9. The number of hydrogen-bond acceptors (Lipinski definition) is 6. The molecule has 1 atom stereocenters. The van der Waals surface area contributed by atoms with Gasteiger partial charge in [0.1, 0.15) is 24.5 Å². The number of Topliss-reactive ketones (excluding diaryl/α,β-unsaturated/α-hetero) is 1. The lowest BCUT2D eigenvalue weighted by Gasteiger charge is -2.25. The maximum Gasteiger partial charge on any atom is 0.325 e. The molecular formula is C21H20N2O6. The molecule has 1 N–H and O–H groups in total. The average molecular weight is 396 g/mol. The molecule has 0 saturated carbocycles. The Bertz CT molecular complexity index is 1000. The van der Waals surface area contributed by atoms with Crippen molar-refractivity contribution < 1.29 is 28.6 Å². The van der Waals surface area contributed by atoms with Gasteiger partial charge in [-0.3, -0.25) is 14.5 Å². The van der Waals surface area contributed by atoms with Gasteiger partial charge in [0.25, 0.3) is 5.91 Å². The number of ether oxygens (including phenoxy) is 3. The van der Waals surface area contributed by atoms with Crippen molar-refractivity contribution in [1.82, 2.24) is 10.2 Å². The summed E-state index contributed by atoms with van der Waals surface area (Å²) in [4.78, 5) is 39.3. The third-order valence-electron chi connectivity index (χ3n) is 5.10. The number of para-hydroxylation sites is 1. The predicted octanol–water partition coefficient (Wildman–Crippen LogP) is 2.12. The van der Waals surface area contributed by atoms with Crippen molar-refractivity contribution in [2.24, 2.45) is 0 Å². The standard InChI is InChI=1S/C21H20N2O6/c1-21(13-7-8-17-18(11-13)29-10-9-28-17)19(25)23(20(26)22-21)12-15(24)14-5-3-4-6-16(14)27-2/h3-8,11H,9-10,12H2,1-2H3,(H,22,26)/t21-/m0/s1. The summed E-state index contributed by atoms with van der Waals surface area (Å²) >= 11 is 0. The molecule has 0 radical (unpaired) electrons. The maximum absolute atomic E-state index is 13.1. The molecular weight excluding hydrogens is 376 g/mol. The SMILES string of the molecule is COc1ccccc1C(=O)CN1C(=O)N[C@@](C)(c2ccc3c(c2)OCCO3)C1=O. The van der Waals surface area contributed by atoms with Gasteiger partial charge in [0.2, 0.25) is 0 Å². The minimum Gasteiger partial charge on any atom is -0.496 e. The Balaban J connectivity index is 1.59. The Morgan fingerprint density at radius 2 is 1.86 bits per heavy atom. The molecule has 29 heavy (non-hydrogen) atoms. The van der Waals surface area contributed by atoms with E-state index in [0.717, 1.165) is 4.90 Å². The molecule has 8 nitrogen and oxygen atoms in total. The molecule has 2 heterocycles. The summed E-state index contributed by atoms with van der Waals surface area (Å²) in [5.74, 6) is 0.586. The van der Waals surface area contributed by atoms with E-state index in [2.05, 4.69) is 5.32 Å². The summed E-state index contributed by atoms with van der Waals surface area (Å²) in [6, 6.07) is 11.1. The molecule has 8 heteroatoms. The molecule has 0 aliphatic carbocycles. The van der Waals surface area contributed by atoms with Crippen LogP contribution in [-0.4, -0.2) is 49.5 Å². The first kappa shape index (κ1) is 18.8. The lowest BCUT2D eigenvalue weighted by molar-refractivity contribution is -0.130. The second-order valence-electron chi connectivity index (χ2n) is 6.93. The van der Waals surface area contributed by atoms with Gasteiger partial charge in [-0.25, -0.2) is 4.79 Å². The van der Waals surface area contributed by atoms with E-state index in [4.69, 9.17) is 14.2 Å². The molecule has 0 spiro atoms. The number of imide groups is 1. The zero-order valence-corrected chi connectivity index (χ0v) is 16.1. The van der Waals surface area contributed by atoms with Crippen molar-refractivity contribution in [2.45, 2.75) is 12.5 Å². The van der Waals surface area contributed by atoms with Crippen molar-refractivity contribution in [3.63, 3.8) is 0 Å². The van der Waals surface area contributed by atoms with Gasteiger partial charge < -0.3 is 19.5 Å². The molecule has 1 fully saturated rings. The smallest absolute Gasteiger partial charge is 0.325 e. The fourth-order valence-corrected chi connectivity index (χ4v) is 3.49. The second-order valence-corrected chi connectivity index (χ2v) is 6.93. The van der Waals surface area contributed by atoms with Crippen LogP contribution in [0.5, 0.6) is 17.2 Å². The van der Waals surface area contributed by atoms with E-state index in [1.54, 1.807) is 49.4 Å². The van der Waals surface area contributed by atoms with Crippen molar-refractivity contribution in [1.29, 1.82) is 0 Å². The topological polar surface area (TPSA) is 94.2 Å². The zero-order valence-electron chi connectivity index (χ0n) is 16.1. The van der Waals surface area contributed by atoms with E-state index >= 15 is 0 Å². The average Bonchev–Trinajstić information content (AvgIpc) is 2.97. The third-order valence-corrected chi connectivity index (χ3v) is 5.10. The number of carbonyl (C=O) groups excluding carboxylic acids is 3. The van der Waals surface area contributed by atoms with Crippen LogP contribution in [0.25, 0.3) is 0 Å². The van der Waals surface area contributed by atoms with E-state index < -0.39 is 23.3 Å². The maximum atomic E-state index is 13.1. The van der Waals surface area contributed by atoms with Crippen LogP contribution in [0.1, 0.15) is 22.8 Å². The summed E-state index contributed by atoms with van der Waals surface area (Å²) in [7, 11) is 1.46. The van der Waals surface area contributed by atoms with Gasteiger partial charge in [-0.2, -0.15) is 0 Å². The van der Waals surface area contributed by atoms with E-state index in [1.807, 2.05) is 0 Å². The quantitative estimate of drug-likeness (QED) is 0.615. The summed E-state index contributed by atoms with van der Waals surface area (Å²) in [6.07, 6.45) is 0. The van der Waals surface area contributed by atoms with Crippen molar-refractivity contribution >= 4 is 17.7 Å². The molecule has 0 unspecified atom stereocenters. The highest BCUT2D eigenvalue weighted by molar-refractivity contribution is 6.11. The minimum atomic E-state index is -1.31. The van der Waals surface area contributed by atoms with Crippen LogP contribution in [0, 0.1) is 0 Å². The summed E-state index contributed by atoms with van der Waals surface area (Å²) in [5.41, 5.74) is -0.454. The minimum absolute atomic E-state index is 0.309. The highest BCUT2D eigenvalue weighted by Crippen LogP contribution is 2.37. The van der Waals surface area contributed by atoms with Crippen LogP contribution in [0.15, 0.2) is 42.5 Å². The van der Waals surface area contributed by atoms with Gasteiger partial charge >= 0.3 is 6.03 Å². The highest BCUT2D eigenvalue weighted by atomic mass is 16.6. The normalized spacial score (nSPS) is 20.4. The molecule has 2 aliphatic rings. The molecule has 0 aromatic heterocycles. The van der Waals surface area contributed by atoms with Crippen LogP contribution >= 0.6 is 0 Å². The monoisotopic (exact) mass is 396 g/mol. The predicted molar refractivity (Wildman–Crippen MR) is 102 cm³/mol. The Kier molecular flexibility index (Phi) is 4.62. The first-order valence-electron chi connectivity index (χ1n) is 9.14. The summed E-state index contributed by atoms with van der Waals surface area (Å²) < 4.78 is 16.3. The number of carbonyl (C=O) groups is 3. The number of fused-ring (bicyclic) bond motifs is 1. The number of amides is 3. The Hall–Kier alpha value is -3.55. The van der Waals surface area contributed by atoms with E-state index in [9.17, 15) is 14.4 Å². The van der Waals surface area contributed by atoms with E-state index in [-0.39, 0.29) is 6.54 Å². The fraction of sp³-hybridized carbons (Fsp3) is 0.286. The van der Waals surface area contributed by atoms with Gasteiger partial charge in [0.05, 0.1) is 19.2 Å². The van der Waals surface area contributed by atoms with Gasteiger partial charge in [-0.15, -0.1) is 0 Å². The molecule has 2 aromatic carbocycles. The highest BCUT2D eigenvalue weighted by Gasteiger charge is 2.50. The number of urea groups is 1. The van der Waals surface area contributed by atoms with Crippen molar-refractivity contribution in [3.8, 4) is 17.2 Å². The van der Waals surface area contributed by atoms with Gasteiger partial charge in [-0.1, -0.05) is 18.2 Å². The number of benzene rings is 2. The summed E-state index contributed by atoms with van der Waals surface area (Å²) in [5, 5.41) is 2.70. The molecule has 2 aliphatic heterocycles. The molecule has 150 valence electrons. The van der Waals surface area contributed by atoms with Crippen molar-refractivity contribution in [3.05, 3.63) is 53.6 Å². The Labute approximate surface area is 167 Å². The molecule has 4 rings (SSSR count). The largest absolute Gasteiger partial charge is 0.496 e. The molecule has 3 amide bonds. The fourth-order valence-electron chi connectivity index (χ4n) is 3.49. The van der Waals surface area contributed by atoms with Crippen LogP contribution in [0.2, 0.25) is 0 Å². The van der Waals surface area contributed by atoms with Crippen LogP contribution in [-0.2, 0) is 10.3 Å². The van der Waals surface area contributed by atoms with Crippen LogP contribution in [0.4, 0.5) is 4.79 Å². The third kappa shape index (κ3) is 3.16. The van der Waals surface area contributed by atoms with Gasteiger partial charge in [0, 0.05) is 0 Å². The van der Waals surface area contributed by atoms with Crippen LogP contribution in [0.3, 0.4) is 0 Å². The Morgan fingerprint density at radius 3 is 2.62 bits per heavy atom. The lowest BCUT2D eigenvalue weighted by atomic mass is 9.91. The first-order valence-corrected chi connectivity index (χ1v) is 9.14. The van der Waals surface area contributed by atoms with Crippen molar-refractivity contribution in [2.75, 3.05) is 26.9 Å².